The highest BCUT2D eigenvalue weighted by molar-refractivity contribution is 8.00. The normalized spacial score (nSPS) is 11.6. The molecule has 0 aliphatic rings. The molecule has 0 aliphatic carbocycles. The first-order valence-corrected chi connectivity index (χ1v) is 11.1. The van der Waals surface area contributed by atoms with Gasteiger partial charge in [-0.05, 0) is 22.6 Å². The molecule has 2 aromatic heterocycles. The molecule has 1 amide bonds. The van der Waals surface area contributed by atoms with Crippen molar-refractivity contribution in [3.05, 3.63) is 78.2 Å². The molecule has 31 heavy (non-hydrogen) atoms. The van der Waals surface area contributed by atoms with Crippen molar-refractivity contribution in [2.75, 3.05) is 11.1 Å². The quantitative estimate of drug-likeness (QED) is 0.347. The molecule has 6 nitrogen and oxygen atoms in total. The molecule has 1 N–H and O–H groups in total. The van der Waals surface area contributed by atoms with E-state index in [1.165, 1.54) is 18.1 Å². The monoisotopic (exact) mass is 431 g/mol. The number of carbonyl (C=O) groups excluding carboxylic acids is 1. The molecular weight excluding hydrogens is 406 g/mol. The summed E-state index contributed by atoms with van der Waals surface area (Å²) in [5.74, 6) is 0.194. The van der Waals surface area contributed by atoms with Crippen LogP contribution in [0.5, 0.6) is 0 Å². The molecule has 0 unspecified atom stereocenters. The Bertz CT molecular complexity index is 1200. The fraction of sp³-hybridized carbons (Fsp3) is 0.250. The first kappa shape index (κ1) is 21.1. The van der Waals surface area contributed by atoms with Crippen LogP contribution in [0.1, 0.15) is 31.9 Å². The molecular formula is C24H25N5OS. The Balaban J connectivity index is 1.47. The number of fused-ring (bicyclic) bond motifs is 1. The Labute approximate surface area is 186 Å². The number of nitrogens with zero attached hydrogens (tertiary/aromatic N) is 4. The van der Waals surface area contributed by atoms with Gasteiger partial charge in [0, 0.05) is 5.69 Å². The number of para-hydroxylation sites is 1. The molecule has 158 valence electrons. The molecule has 0 atom stereocenters. The Morgan fingerprint density at radius 3 is 2.55 bits per heavy atom. The minimum atomic E-state index is -0.0647. The van der Waals surface area contributed by atoms with E-state index in [0.717, 1.165) is 32.9 Å². The average Bonchev–Trinajstić information content (AvgIpc) is 3.16. The van der Waals surface area contributed by atoms with Gasteiger partial charge in [0.15, 0.2) is 5.65 Å². The number of rotatable bonds is 6. The van der Waals surface area contributed by atoms with E-state index in [9.17, 15) is 4.79 Å². The predicted molar refractivity (Wildman–Crippen MR) is 125 cm³/mol. The van der Waals surface area contributed by atoms with Crippen LogP contribution in [0.2, 0.25) is 0 Å². The van der Waals surface area contributed by atoms with Gasteiger partial charge in [0.25, 0.3) is 0 Å². The molecule has 4 aromatic rings. The lowest BCUT2D eigenvalue weighted by molar-refractivity contribution is -0.113. The van der Waals surface area contributed by atoms with E-state index in [2.05, 4.69) is 59.4 Å². The highest BCUT2D eigenvalue weighted by Crippen LogP contribution is 2.30. The van der Waals surface area contributed by atoms with Crippen molar-refractivity contribution >= 4 is 34.4 Å². The molecule has 0 bridgehead atoms. The SMILES string of the molecule is CC(C)(C)c1ccccc1NC(=O)CSc1ncnc2c1cnn2Cc1ccccc1. The second-order valence-corrected chi connectivity index (χ2v) is 9.30. The number of hydrogen-bond acceptors (Lipinski definition) is 5. The number of thioether (sulfide) groups is 1. The number of hydrogen-bond donors (Lipinski definition) is 1. The smallest absolute Gasteiger partial charge is 0.234 e. The van der Waals surface area contributed by atoms with Gasteiger partial charge in [0.1, 0.15) is 11.4 Å². The number of amides is 1. The zero-order valence-corrected chi connectivity index (χ0v) is 18.7. The van der Waals surface area contributed by atoms with Crippen molar-refractivity contribution in [2.24, 2.45) is 0 Å². The van der Waals surface area contributed by atoms with Crippen molar-refractivity contribution in [3.8, 4) is 0 Å². The van der Waals surface area contributed by atoms with Crippen LogP contribution in [-0.4, -0.2) is 31.4 Å². The van der Waals surface area contributed by atoms with Crippen molar-refractivity contribution < 1.29 is 4.79 Å². The van der Waals surface area contributed by atoms with E-state index in [1.54, 1.807) is 6.20 Å². The third kappa shape index (κ3) is 4.94. The summed E-state index contributed by atoms with van der Waals surface area (Å²) >= 11 is 1.39. The van der Waals surface area contributed by atoms with E-state index < -0.39 is 0 Å². The lowest BCUT2D eigenvalue weighted by Gasteiger charge is -2.22. The zero-order valence-electron chi connectivity index (χ0n) is 17.9. The zero-order chi connectivity index (χ0) is 21.8. The molecule has 0 saturated heterocycles. The largest absolute Gasteiger partial charge is 0.325 e. The van der Waals surface area contributed by atoms with Crippen molar-refractivity contribution in [2.45, 2.75) is 37.8 Å². The number of anilines is 1. The van der Waals surface area contributed by atoms with Crippen LogP contribution < -0.4 is 5.32 Å². The van der Waals surface area contributed by atoms with Gasteiger partial charge in [-0.25, -0.2) is 14.6 Å². The maximum Gasteiger partial charge on any atom is 0.234 e. The summed E-state index contributed by atoms with van der Waals surface area (Å²) in [5.41, 5.74) is 3.82. The number of carbonyl (C=O) groups is 1. The molecule has 0 aliphatic heterocycles. The van der Waals surface area contributed by atoms with Gasteiger partial charge < -0.3 is 5.32 Å². The first-order chi connectivity index (χ1) is 14.9. The Kier molecular flexibility index (Phi) is 6.04. The summed E-state index contributed by atoms with van der Waals surface area (Å²) in [4.78, 5) is 21.4. The summed E-state index contributed by atoms with van der Waals surface area (Å²) in [6.07, 6.45) is 3.30. The molecule has 0 spiro atoms. The minimum Gasteiger partial charge on any atom is -0.325 e. The molecule has 2 heterocycles. The molecule has 2 aromatic carbocycles. The maximum atomic E-state index is 12.7. The van der Waals surface area contributed by atoms with Gasteiger partial charge in [-0.2, -0.15) is 5.10 Å². The van der Waals surface area contributed by atoms with Gasteiger partial charge in [-0.3, -0.25) is 4.79 Å². The number of nitrogens with one attached hydrogen (secondary N) is 1. The fourth-order valence-electron chi connectivity index (χ4n) is 3.42. The van der Waals surface area contributed by atoms with E-state index in [4.69, 9.17) is 0 Å². The van der Waals surface area contributed by atoms with Gasteiger partial charge >= 0.3 is 0 Å². The molecule has 0 saturated carbocycles. The molecule has 0 radical (unpaired) electrons. The van der Waals surface area contributed by atoms with Crippen LogP contribution >= 0.6 is 11.8 Å². The van der Waals surface area contributed by atoms with Crippen molar-refractivity contribution in [1.82, 2.24) is 19.7 Å². The van der Waals surface area contributed by atoms with Crippen molar-refractivity contribution in [1.29, 1.82) is 0 Å². The number of aromatic nitrogens is 4. The van der Waals surface area contributed by atoms with Crippen LogP contribution in [-0.2, 0) is 16.8 Å². The second-order valence-electron chi connectivity index (χ2n) is 8.34. The number of benzene rings is 2. The fourth-order valence-corrected chi connectivity index (χ4v) is 4.19. The highest BCUT2D eigenvalue weighted by atomic mass is 32.2. The molecule has 0 fully saturated rings. The van der Waals surface area contributed by atoms with Crippen molar-refractivity contribution in [3.63, 3.8) is 0 Å². The van der Waals surface area contributed by atoms with E-state index >= 15 is 0 Å². The maximum absolute atomic E-state index is 12.7. The first-order valence-electron chi connectivity index (χ1n) is 10.1. The van der Waals surface area contributed by atoms with Gasteiger partial charge in [0.2, 0.25) is 5.91 Å². The van der Waals surface area contributed by atoms with Crippen LogP contribution in [0.4, 0.5) is 5.69 Å². The third-order valence-corrected chi connectivity index (χ3v) is 5.93. The topological polar surface area (TPSA) is 72.7 Å². The van der Waals surface area contributed by atoms with E-state index in [1.807, 2.05) is 41.1 Å². The molecule has 4 rings (SSSR count). The van der Waals surface area contributed by atoms with E-state index in [-0.39, 0.29) is 17.1 Å². The van der Waals surface area contributed by atoms with Gasteiger partial charge in [-0.1, -0.05) is 81.1 Å². The Morgan fingerprint density at radius 2 is 1.77 bits per heavy atom. The summed E-state index contributed by atoms with van der Waals surface area (Å²) in [5, 5.41) is 9.14. The van der Waals surface area contributed by atoms with Gasteiger partial charge in [-0.15, -0.1) is 0 Å². The lowest BCUT2D eigenvalue weighted by Crippen LogP contribution is -2.19. The highest BCUT2D eigenvalue weighted by Gasteiger charge is 2.19. The summed E-state index contributed by atoms with van der Waals surface area (Å²) in [7, 11) is 0. The standard InChI is InChI=1S/C24H25N5OS/c1-24(2,3)19-11-7-8-12-20(19)28-21(30)15-31-23-18-13-27-29(22(18)25-16-26-23)14-17-9-5-4-6-10-17/h4-13,16H,14-15H2,1-3H3,(H,28,30). The minimum absolute atomic E-state index is 0.0524. The average molecular weight is 432 g/mol. The van der Waals surface area contributed by atoms with Crippen LogP contribution in [0.15, 0.2) is 72.1 Å². The van der Waals surface area contributed by atoms with Gasteiger partial charge in [0.05, 0.1) is 23.9 Å². The van der Waals surface area contributed by atoms with E-state index in [0.29, 0.717) is 6.54 Å². The predicted octanol–water partition coefficient (Wildman–Crippen LogP) is 4.90. The van der Waals surface area contributed by atoms with Crippen LogP contribution in [0.25, 0.3) is 11.0 Å². The second kappa shape index (κ2) is 8.89. The summed E-state index contributed by atoms with van der Waals surface area (Å²) in [6, 6.07) is 18.1. The summed E-state index contributed by atoms with van der Waals surface area (Å²) < 4.78 is 1.86. The Morgan fingerprint density at radius 1 is 1.03 bits per heavy atom. The summed E-state index contributed by atoms with van der Waals surface area (Å²) in [6.45, 7) is 7.04. The lowest BCUT2D eigenvalue weighted by atomic mass is 9.86. The third-order valence-electron chi connectivity index (χ3n) is 4.92. The molecule has 7 heteroatoms. The van der Waals surface area contributed by atoms with Crippen LogP contribution in [0, 0.1) is 0 Å². The van der Waals surface area contributed by atoms with Crippen LogP contribution in [0.3, 0.4) is 0 Å². The Hall–Kier alpha value is -3.19.